The summed E-state index contributed by atoms with van der Waals surface area (Å²) in [5, 5.41) is 5.61. The van der Waals surface area contributed by atoms with E-state index in [4.69, 9.17) is 9.47 Å². The number of rotatable bonds is 5. The maximum absolute atomic E-state index is 12.9. The summed E-state index contributed by atoms with van der Waals surface area (Å²) in [5.41, 5.74) is 3.16. The molecule has 1 aromatic rings. The van der Waals surface area contributed by atoms with Crippen molar-refractivity contribution in [2.75, 3.05) is 27.3 Å². The summed E-state index contributed by atoms with van der Waals surface area (Å²) in [4.78, 5) is 26.5. The van der Waals surface area contributed by atoms with Gasteiger partial charge in [0.2, 0.25) is 0 Å². The molecule has 7 nitrogen and oxygen atoms in total. The Morgan fingerprint density at radius 1 is 1.25 bits per heavy atom. The number of urea groups is 1. The highest BCUT2D eigenvalue weighted by Crippen LogP contribution is 2.33. The molecule has 3 rings (SSSR count). The van der Waals surface area contributed by atoms with E-state index < -0.39 is 12.3 Å². The topological polar surface area (TPSA) is 79.9 Å². The van der Waals surface area contributed by atoms with Gasteiger partial charge in [-0.25, -0.2) is 4.79 Å². The van der Waals surface area contributed by atoms with Crippen LogP contribution >= 0.6 is 0 Å². The van der Waals surface area contributed by atoms with Crippen LogP contribution in [-0.2, 0) is 14.3 Å². The molecule has 2 heterocycles. The molecule has 2 N–H and O–H groups in total. The van der Waals surface area contributed by atoms with Crippen molar-refractivity contribution in [3.8, 4) is 0 Å². The van der Waals surface area contributed by atoms with Gasteiger partial charge in [-0.3, -0.25) is 4.79 Å². The highest BCUT2D eigenvalue weighted by atomic mass is 16.7. The highest BCUT2D eigenvalue weighted by Gasteiger charge is 2.41. The minimum atomic E-state index is -0.504. The molecule has 1 atom stereocenters. The number of hydrogen-bond acceptors (Lipinski definition) is 4. The number of benzene rings is 1. The second-order valence-corrected chi connectivity index (χ2v) is 5.87. The molecule has 1 aromatic carbocycles. The first kappa shape index (κ1) is 16.5. The molecule has 7 heteroatoms. The predicted octanol–water partition coefficient (Wildman–Crippen LogP) is 1.06. The van der Waals surface area contributed by atoms with Gasteiger partial charge in [-0.05, 0) is 18.1 Å². The molecule has 0 bridgehead atoms. The molecule has 3 amide bonds. The summed E-state index contributed by atoms with van der Waals surface area (Å²) in [7, 11) is 3.06. The quantitative estimate of drug-likeness (QED) is 0.791. The van der Waals surface area contributed by atoms with E-state index in [0.717, 1.165) is 11.1 Å². The minimum absolute atomic E-state index is 0.121. The van der Waals surface area contributed by atoms with E-state index in [0.29, 0.717) is 24.4 Å². The third-order valence-corrected chi connectivity index (χ3v) is 4.41. The number of amides is 3. The van der Waals surface area contributed by atoms with Crippen molar-refractivity contribution in [2.24, 2.45) is 0 Å². The first-order valence-electron chi connectivity index (χ1n) is 7.76. The fourth-order valence-electron chi connectivity index (χ4n) is 3.14. The number of nitrogens with zero attached hydrogens (tertiary/aromatic N) is 1. The number of hydrogen-bond donors (Lipinski definition) is 2. The summed E-state index contributed by atoms with van der Waals surface area (Å²) in [6.45, 7) is 2.61. The van der Waals surface area contributed by atoms with Gasteiger partial charge in [0, 0.05) is 14.2 Å². The smallest absolute Gasteiger partial charge is 0.319 e. The van der Waals surface area contributed by atoms with Crippen molar-refractivity contribution in [1.29, 1.82) is 0 Å². The lowest BCUT2D eigenvalue weighted by Gasteiger charge is -2.26. The molecule has 0 saturated carbocycles. The van der Waals surface area contributed by atoms with E-state index in [2.05, 4.69) is 10.6 Å². The van der Waals surface area contributed by atoms with Gasteiger partial charge in [0.1, 0.15) is 0 Å². The Morgan fingerprint density at radius 3 is 2.62 bits per heavy atom. The van der Waals surface area contributed by atoms with E-state index >= 15 is 0 Å². The van der Waals surface area contributed by atoms with Crippen LogP contribution in [0, 0.1) is 6.92 Å². The molecule has 0 spiro atoms. The van der Waals surface area contributed by atoms with E-state index in [1.165, 1.54) is 14.2 Å². The maximum atomic E-state index is 12.9. The van der Waals surface area contributed by atoms with Crippen molar-refractivity contribution < 1.29 is 19.1 Å². The Bertz CT molecular complexity index is 697. The van der Waals surface area contributed by atoms with E-state index in [1.54, 1.807) is 4.90 Å². The van der Waals surface area contributed by atoms with Gasteiger partial charge in [0.05, 0.1) is 30.4 Å². The Kier molecular flexibility index (Phi) is 4.55. The van der Waals surface area contributed by atoms with Crippen LogP contribution in [0.15, 0.2) is 35.5 Å². The Labute approximate surface area is 140 Å². The van der Waals surface area contributed by atoms with Crippen molar-refractivity contribution in [2.45, 2.75) is 19.3 Å². The van der Waals surface area contributed by atoms with Crippen LogP contribution in [0.3, 0.4) is 0 Å². The zero-order valence-electron chi connectivity index (χ0n) is 14.0. The summed E-state index contributed by atoms with van der Waals surface area (Å²) < 4.78 is 10.4. The van der Waals surface area contributed by atoms with E-state index in [9.17, 15) is 9.59 Å². The lowest BCUT2D eigenvalue weighted by molar-refractivity contribution is -0.140. The van der Waals surface area contributed by atoms with Gasteiger partial charge >= 0.3 is 6.03 Å². The Balaban J connectivity index is 1.91. The molecular formula is C17H21N3O4. The number of methoxy groups -OCH3 is 2. The summed E-state index contributed by atoms with van der Waals surface area (Å²) >= 11 is 0. The lowest BCUT2D eigenvalue weighted by Crippen LogP contribution is -2.44. The number of carbonyl (C=O) groups is 2. The average Bonchev–Trinajstić information content (AvgIpc) is 2.88. The Morgan fingerprint density at radius 2 is 1.96 bits per heavy atom. The zero-order valence-corrected chi connectivity index (χ0v) is 14.0. The molecule has 2 aliphatic rings. The molecule has 0 saturated heterocycles. The largest absolute Gasteiger partial charge is 0.354 e. The van der Waals surface area contributed by atoms with Crippen LogP contribution < -0.4 is 10.6 Å². The van der Waals surface area contributed by atoms with E-state index in [1.807, 2.05) is 31.2 Å². The third-order valence-electron chi connectivity index (χ3n) is 4.41. The van der Waals surface area contributed by atoms with Gasteiger partial charge in [-0.15, -0.1) is 0 Å². The van der Waals surface area contributed by atoms with Gasteiger partial charge in [-0.2, -0.15) is 0 Å². The molecule has 2 aliphatic heterocycles. The molecule has 0 aromatic heterocycles. The zero-order chi connectivity index (χ0) is 17.3. The van der Waals surface area contributed by atoms with Gasteiger partial charge in [0.15, 0.2) is 6.29 Å². The first-order chi connectivity index (χ1) is 11.5. The molecule has 0 aliphatic carbocycles. The van der Waals surface area contributed by atoms with E-state index in [-0.39, 0.29) is 11.9 Å². The molecular weight excluding hydrogens is 310 g/mol. The highest BCUT2D eigenvalue weighted by molar-refractivity contribution is 6.01. The third kappa shape index (κ3) is 2.88. The van der Waals surface area contributed by atoms with Gasteiger partial charge in [0.25, 0.3) is 5.91 Å². The second-order valence-electron chi connectivity index (χ2n) is 5.87. The number of nitrogens with one attached hydrogen (secondary N) is 2. The fourth-order valence-corrected chi connectivity index (χ4v) is 3.14. The normalized spacial score (nSPS) is 20.3. The summed E-state index contributed by atoms with van der Waals surface area (Å²) in [6, 6.07) is 6.98. The summed E-state index contributed by atoms with van der Waals surface area (Å²) in [5.74, 6) is -0.121. The van der Waals surface area contributed by atoms with Crippen LogP contribution in [0.5, 0.6) is 0 Å². The number of ether oxygens (including phenoxy) is 2. The molecule has 128 valence electrons. The van der Waals surface area contributed by atoms with Gasteiger partial charge < -0.3 is 25.0 Å². The predicted molar refractivity (Wildman–Crippen MR) is 87.0 cm³/mol. The second kappa shape index (κ2) is 6.62. The van der Waals surface area contributed by atoms with Gasteiger partial charge in [-0.1, -0.05) is 24.3 Å². The summed E-state index contributed by atoms with van der Waals surface area (Å²) in [6.07, 6.45) is -0.504. The van der Waals surface area contributed by atoms with Crippen molar-refractivity contribution in [3.63, 3.8) is 0 Å². The number of carbonyl (C=O) groups excluding carboxylic acids is 2. The molecule has 0 radical (unpaired) electrons. The molecule has 0 unspecified atom stereocenters. The minimum Gasteiger partial charge on any atom is -0.354 e. The van der Waals surface area contributed by atoms with Crippen LogP contribution in [0.2, 0.25) is 0 Å². The first-order valence-corrected chi connectivity index (χ1v) is 7.76. The van der Waals surface area contributed by atoms with Crippen LogP contribution in [-0.4, -0.2) is 50.4 Å². The molecule has 0 fully saturated rings. The molecule has 24 heavy (non-hydrogen) atoms. The fraction of sp³-hybridized carbons (Fsp3) is 0.412. The van der Waals surface area contributed by atoms with Crippen LogP contribution in [0.4, 0.5) is 4.79 Å². The lowest BCUT2D eigenvalue weighted by atomic mass is 9.93. The average molecular weight is 331 g/mol. The van der Waals surface area contributed by atoms with Crippen molar-refractivity contribution in [3.05, 3.63) is 46.7 Å². The van der Waals surface area contributed by atoms with Crippen LogP contribution in [0.1, 0.15) is 17.2 Å². The van der Waals surface area contributed by atoms with Crippen molar-refractivity contribution in [1.82, 2.24) is 15.5 Å². The van der Waals surface area contributed by atoms with Crippen LogP contribution in [0.25, 0.3) is 0 Å². The maximum Gasteiger partial charge on any atom is 0.319 e. The SMILES string of the molecule is COC(CN1CC2=C(C1=O)[C@H](c1ccccc1C)NC(=O)N2)OC. The number of aryl methyl sites for hydroxylation is 1. The Hall–Kier alpha value is -2.38. The monoisotopic (exact) mass is 331 g/mol. The van der Waals surface area contributed by atoms with Crippen molar-refractivity contribution >= 4 is 11.9 Å². The standard InChI is InChI=1S/C17H21N3O4/c1-10-6-4-5-7-11(10)15-14-12(18-17(22)19-15)8-20(16(14)21)9-13(23-2)24-3/h4-7,13,15H,8-9H2,1-3H3,(H2,18,19,22)/t15-/m0/s1.